The van der Waals surface area contributed by atoms with Crippen LogP contribution in [0.15, 0.2) is 46.6 Å². The summed E-state index contributed by atoms with van der Waals surface area (Å²) in [5.41, 5.74) is 0.918. The third kappa shape index (κ3) is 3.74. The molecule has 0 unspecified atom stereocenters. The molecule has 0 aliphatic carbocycles. The number of aromatic nitrogens is 4. The number of benzene rings is 1. The first-order valence-electron chi connectivity index (χ1n) is 9.02. The van der Waals surface area contributed by atoms with Gasteiger partial charge < -0.3 is 9.64 Å². The van der Waals surface area contributed by atoms with Crippen molar-refractivity contribution in [2.75, 3.05) is 37.7 Å². The fourth-order valence-electron chi connectivity index (χ4n) is 3.21. The van der Waals surface area contributed by atoms with E-state index in [1.807, 2.05) is 42.6 Å². The summed E-state index contributed by atoms with van der Waals surface area (Å²) in [5.74, 6) is 0.920. The summed E-state index contributed by atoms with van der Waals surface area (Å²) in [4.78, 5) is 17.0. The maximum Gasteiger partial charge on any atom is 0.370 e. The zero-order valence-electron chi connectivity index (χ0n) is 15.2. The Labute approximate surface area is 161 Å². The second-order valence-electron chi connectivity index (χ2n) is 6.27. The molecule has 1 fully saturated rings. The molecule has 1 saturated heterocycles. The Balaban J connectivity index is 1.40. The number of anilines is 1. The fraction of sp³-hybridized carbons (Fsp3) is 0.389. The van der Waals surface area contributed by atoms with Crippen molar-refractivity contribution < 1.29 is 4.74 Å². The van der Waals surface area contributed by atoms with Crippen LogP contribution in [0.3, 0.4) is 0 Å². The lowest BCUT2D eigenvalue weighted by Crippen LogP contribution is -2.48. The summed E-state index contributed by atoms with van der Waals surface area (Å²) in [5, 5.41) is 10.7. The minimum atomic E-state index is -0.207. The largest absolute Gasteiger partial charge is 0.492 e. The second-order valence-corrected chi connectivity index (χ2v) is 7.20. The first-order chi connectivity index (χ1) is 13.3. The molecule has 27 heavy (non-hydrogen) atoms. The molecule has 3 heterocycles. The quantitative estimate of drug-likeness (QED) is 0.642. The van der Waals surface area contributed by atoms with Crippen molar-refractivity contribution in [3.05, 3.63) is 52.3 Å². The second kappa shape index (κ2) is 7.93. The van der Waals surface area contributed by atoms with Gasteiger partial charge in [-0.05, 0) is 47.0 Å². The van der Waals surface area contributed by atoms with Crippen LogP contribution in [0.2, 0.25) is 0 Å². The molecule has 9 heteroatoms. The molecule has 0 saturated carbocycles. The Morgan fingerprint density at radius 3 is 2.63 bits per heavy atom. The maximum atomic E-state index is 12.5. The lowest BCUT2D eigenvalue weighted by atomic mass is 10.2. The monoisotopic (exact) mass is 386 g/mol. The Hall–Kier alpha value is -2.65. The van der Waals surface area contributed by atoms with Gasteiger partial charge in [0.05, 0.1) is 12.3 Å². The van der Waals surface area contributed by atoms with Gasteiger partial charge in [-0.1, -0.05) is 12.1 Å². The molecule has 8 nitrogen and oxygen atoms in total. The third-order valence-corrected chi connectivity index (χ3v) is 5.41. The topological polar surface area (TPSA) is 68.4 Å². The summed E-state index contributed by atoms with van der Waals surface area (Å²) < 4.78 is 8.51. The van der Waals surface area contributed by atoms with E-state index in [-0.39, 0.29) is 5.69 Å². The van der Waals surface area contributed by atoms with E-state index in [2.05, 4.69) is 26.3 Å². The highest BCUT2D eigenvalue weighted by Gasteiger charge is 2.21. The molecule has 3 aromatic rings. The predicted molar refractivity (Wildman–Crippen MR) is 105 cm³/mol. The number of hydrogen-bond donors (Lipinski definition) is 0. The smallest absolute Gasteiger partial charge is 0.370 e. The minimum absolute atomic E-state index is 0.207. The molecule has 2 aromatic heterocycles. The zero-order valence-corrected chi connectivity index (χ0v) is 16.0. The van der Waals surface area contributed by atoms with Gasteiger partial charge in [-0.3, -0.25) is 4.90 Å². The van der Waals surface area contributed by atoms with E-state index in [1.165, 1.54) is 20.7 Å². The number of tetrazole rings is 1. The van der Waals surface area contributed by atoms with Gasteiger partial charge in [0.25, 0.3) is 0 Å². The van der Waals surface area contributed by atoms with E-state index in [0.29, 0.717) is 13.3 Å². The van der Waals surface area contributed by atoms with E-state index in [1.54, 1.807) is 0 Å². The summed E-state index contributed by atoms with van der Waals surface area (Å²) in [6.07, 6.45) is 0. The van der Waals surface area contributed by atoms with Crippen molar-refractivity contribution in [3.63, 3.8) is 0 Å². The molecule has 142 valence electrons. The van der Waals surface area contributed by atoms with Gasteiger partial charge in [0.15, 0.2) is 0 Å². The lowest BCUT2D eigenvalue weighted by Gasteiger charge is -2.36. The number of rotatable bonds is 6. The van der Waals surface area contributed by atoms with Crippen molar-refractivity contribution in [1.29, 1.82) is 0 Å². The van der Waals surface area contributed by atoms with Crippen molar-refractivity contribution in [2.45, 2.75) is 13.6 Å². The number of thiophene rings is 1. The van der Waals surface area contributed by atoms with Gasteiger partial charge in [0.2, 0.25) is 0 Å². The van der Waals surface area contributed by atoms with Gasteiger partial charge in [-0.25, -0.2) is 4.79 Å². The Morgan fingerprint density at radius 1 is 1.07 bits per heavy atom. The fourth-order valence-corrected chi connectivity index (χ4v) is 3.88. The first kappa shape index (κ1) is 17.7. The van der Waals surface area contributed by atoms with Crippen LogP contribution in [0.5, 0.6) is 5.75 Å². The molecule has 1 aromatic carbocycles. The SMILES string of the molecule is CCOc1ccccc1N1CCN(Cn2nnn(-c3cccs3)c2=O)CC1. The molecule has 0 atom stereocenters. The van der Waals surface area contributed by atoms with Crippen LogP contribution in [0, 0.1) is 0 Å². The number of piperazine rings is 1. The van der Waals surface area contributed by atoms with E-state index in [0.717, 1.165) is 42.6 Å². The van der Waals surface area contributed by atoms with Crippen LogP contribution in [0.25, 0.3) is 5.00 Å². The van der Waals surface area contributed by atoms with E-state index in [4.69, 9.17) is 4.74 Å². The lowest BCUT2D eigenvalue weighted by molar-refractivity contribution is 0.190. The number of para-hydroxylation sites is 2. The molecule has 0 radical (unpaired) electrons. The van der Waals surface area contributed by atoms with Gasteiger partial charge in [-0.15, -0.1) is 11.3 Å². The molecule has 1 aliphatic rings. The van der Waals surface area contributed by atoms with Crippen molar-refractivity contribution in [1.82, 2.24) is 24.7 Å². The number of nitrogens with zero attached hydrogens (tertiary/aromatic N) is 6. The highest BCUT2D eigenvalue weighted by Crippen LogP contribution is 2.28. The number of hydrogen-bond acceptors (Lipinski definition) is 7. The van der Waals surface area contributed by atoms with Crippen molar-refractivity contribution >= 4 is 17.0 Å². The van der Waals surface area contributed by atoms with Crippen LogP contribution in [0.4, 0.5) is 5.69 Å². The Morgan fingerprint density at radius 2 is 1.89 bits per heavy atom. The highest BCUT2D eigenvalue weighted by molar-refractivity contribution is 7.12. The van der Waals surface area contributed by atoms with E-state index in [9.17, 15) is 4.79 Å². The van der Waals surface area contributed by atoms with Crippen LogP contribution in [0.1, 0.15) is 6.92 Å². The molecule has 4 rings (SSSR count). The normalized spacial score (nSPS) is 15.2. The first-order valence-corrected chi connectivity index (χ1v) is 9.90. The molecule has 0 amide bonds. The van der Waals surface area contributed by atoms with E-state index < -0.39 is 0 Å². The minimum Gasteiger partial charge on any atom is -0.492 e. The van der Waals surface area contributed by atoms with Crippen LogP contribution in [-0.4, -0.2) is 57.5 Å². The molecular weight excluding hydrogens is 364 g/mol. The van der Waals surface area contributed by atoms with Crippen LogP contribution < -0.4 is 15.3 Å². The van der Waals surface area contributed by atoms with Crippen LogP contribution >= 0.6 is 11.3 Å². The molecule has 1 aliphatic heterocycles. The summed E-state index contributed by atoms with van der Waals surface area (Å²) in [6.45, 7) is 6.54. The predicted octanol–water partition coefficient (Wildman–Crippen LogP) is 1.67. The zero-order chi connectivity index (χ0) is 18.6. The molecule has 0 spiro atoms. The van der Waals surface area contributed by atoms with Crippen molar-refractivity contribution in [2.24, 2.45) is 0 Å². The Kier molecular flexibility index (Phi) is 5.21. The summed E-state index contributed by atoms with van der Waals surface area (Å²) >= 11 is 1.47. The van der Waals surface area contributed by atoms with Gasteiger partial charge in [0.1, 0.15) is 17.4 Å². The molecular formula is C18H22N6O2S. The molecule has 0 bridgehead atoms. The summed E-state index contributed by atoms with van der Waals surface area (Å²) in [7, 11) is 0. The van der Waals surface area contributed by atoms with Crippen LogP contribution in [-0.2, 0) is 6.67 Å². The van der Waals surface area contributed by atoms with Gasteiger partial charge >= 0.3 is 5.69 Å². The third-order valence-electron chi connectivity index (χ3n) is 4.57. The van der Waals surface area contributed by atoms with Crippen molar-refractivity contribution in [3.8, 4) is 10.8 Å². The Bertz CT molecular complexity index is 927. The number of ether oxygens (including phenoxy) is 1. The average molecular weight is 386 g/mol. The highest BCUT2D eigenvalue weighted by atomic mass is 32.1. The van der Waals surface area contributed by atoms with Gasteiger partial charge in [-0.2, -0.15) is 9.36 Å². The molecule has 0 N–H and O–H groups in total. The standard InChI is InChI=1S/C18H22N6O2S/c1-2-26-16-7-4-3-6-15(16)22-11-9-21(10-12-22)14-23-18(25)24(20-19-23)17-8-5-13-27-17/h3-8,13H,2,9-12,14H2,1H3. The average Bonchev–Trinajstić information content (AvgIpc) is 3.34. The summed E-state index contributed by atoms with van der Waals surface area (Å²) in [6, 6.07) is 11.9. The van der Waals surface area contributed by atoms with E-state index >= 15 is 0 Å². The maximum absolute atomic E-state index is 12.5. The van der Waals surface area contributed by atoms with Gasteiger partial charge in [0, 0.05) is 26.2 Å².